The van der Waals surface area contributed by atoms with E-state index in [1.54, 1.807) is 21.1 Å². The lowest BCUT2D eigenvalue weighted by Crippen LogP contribution is -2.50. The molecule has 1 aliphatic heterocycles. The Morgan fingerprint density at radius 1 is 1.10 bits per heavy atom. The number of piperazine rings is 1. The van der Waals surface area contributed by atoms with Gasteiger partial charge in [-0.15, -0.1) is 24.0 Å². The van der Waals surface area contributed by atoms with Crippen molar-refractivity contribution < 1.29 is 14.3 Å². The third-order valence-electron chi connectivity index (χ3n) is 4.75. The first-order valence-electron chi connectivity index (χ1n) is 9.78. The number of amides is 1. The number of nitrogens with one attached hydrogen (secondary N) is 2. The number of carbonyl (C=O) groups excluding carboxylic acids is 1. The normalized spacial score (nSPS) is 14.8. The van der Waals surface area contributed by atoms with Crippen molar-refractivity contribution in [1.82, 2.24) is 20.4 Å². The minimum atomic E-state index is 0. The van der Waals surface area contributed by atoms with Crippen LogP contribution in [0.5, 0.6) is 11.5 Å². The van der Waals surface area contributed by atoms with Crippen LogP contribution in [0.15, 0.2) is 23.2 Å². The molecule has 1 amide bonds. The molecule has 29 heavy (non-hydrogen) atoms. The van der Waals surface area contributed by atoms with Crippen molar-refractivity contribution in [3.8, 4) is 11.5 Å². The van der Waals surface area contributed by atoms with Crippen LogP contribution in [-0.4, -0.2) is 81.7 Å². The molecule has 164 valence electrons. The summed E-state index contributed by atoms with van der Waals surface area (Å²) in [6.07, 6.45) is 0. The summed E-state index contributed by atoms with van der Waals surface area (Å²) in [6, 6.07) is 5.83. The number of guanidine groups is 1. The molecule has 0 spiro atoms. The maximum absolute atomic E-state index is 11.4. The van der Waals surface area contributed by atoms with E-state index in [1.165, 1.54) is 0 Å². The molecule has 0 unspecified atom stereocenters. The van der Waals surface area contributed by atoms with Crippen molar-refractivity contribution in [3.63, 3.8) is 0 Å². The van der Waals surface area contributed by atoms with E-state index in [1.807, 2.05) is 23.1 Å². The fourth-order valence-corrected chi connectivity index (χ4v) is 3.11. The summed E-state index contributed by atoms with van der Waals surface area (Å²) in [5.74, 6) is 2.37. The molecule has 0 aliphatic carbocycles. The maximum atomic E-state index is 11.4. The third-order valence-corrected chi connectivity index (χ3v) is 4.75. The van der Waals surface area contributed by atoms with Gasteiger partial charge in [0, 0.05) is 52.7 Å². The van der Waals surface area contributed by atoms with Gasteiger partial charge in [0.05, 0.1) is 20.8 Å². The Kier molecular flexibility index (Phi) is 11.7. The van der Waals surface area contributed by atoms with Crippen molar-refractivity contribution in [2.24, 2.45) is 4.99 Å². The van der Waals surface area contributed by atoms with E-state index in [4.69, 9.17) is 9.47 Å². The van der Waals surface area contributed by atoms with E-state index < -0.39 is 0 Å². The van der Waals surface area contributed by atoms with Crippen LogP contribution in [0.25, 0.3) is 0 Å². The summed E-state index contributed by atoms with van der Waals surface area (Å²) < 4.78 is 10.6. The highest BCUT2D eigenvalue weighted by molar-refractivity contribution is 14.0. The first-order chi connectivity index (χ1) is 13.6. The van der Waals surface area contributed by atoms with Gasteiger partial charge in [0.15, 0.2) is 17.5 Å². The molecule has 0 aromatic heterocycles. The van der Waals surface area contributed by atoms with Gasteiger partial charge in [-0.25, -0.2) is 4.99 Å². The molecule has 1 fully saturated rings. The van der Waals surface area contributed by atoms with Crippen LogP contribution in [0, 0.1) is 0 Å². The molecule has 8 nitrogen and oxygen atoms in total. The highest BCUT2D eigenvalue weighted by Crippen LogP contribution is 2.27. The molecule has 0 radical (unpaired) electrons. The van der Waals surface area contributed by atoms with Gasteiger partial charge in [0.25, 0.3) is 0 Å². The highest BCUT2D eigenvalue weighted by Gasteiger charge is 2.17. The van der Waals surface area contributed by atoms with Crippen molar-refractivity contribution in [2.75, 3.05) is 60.0 Å². The fourth-order valence-electron chi connectivity index (χ4n) is 3.11. The van der Waals surface area contributed by atoms with Crippen molar-refractivity contribution in [2.45, 2.75) is 20.4 Å². The van der Waals surface area contributed by atoms with Gasteiger partial charge >= 0.3 is 0 Å². The zero-order chi connectivity index (χ0) is 20.4. The molecule has 1 aliphatic rings. The first-order valence-corrected chi connectivity index (χ1v) is 9.78. The highest BCUT2D eigenvalue weighted by atomic mass is 127. The van der Waals surface area contributed by atoms with Crippen molar-refractivity contribution in [3.05, 3.63) is 23.8 Å². The van der Waals surface area contributed by atoms with Crippen LogP contribution in [0.3, 0.4) is 0 Å². The van der Waals surface area contributed by atoms with Gasteiger partial charge in [0.1, 0.15) is 0 Å². The molecule has 2 rings (SSSR count). The first kappa shape index (κ1) is 25.3. The smallest absolute Gasteiger partial charge is 0.219 e. The SMILES string of the molecule is CCNC(=NCc1ccc(OC)c(OC)c1)NCCN1CCN(C(C)=O)CC1.I. The van der Waals surface area contributed by atoms with E-state index >= 15 is 0 Å². The van der Waals surface area contributed by atoms with Crippen LogP contribution >= 0.6 is 24.0 Å². The number of hydrogen-bond acceptors (Lipinski definition) is 5. The van der Waals surface area contributed by atoms with Gasteiger partial charge in [-0.05, 0) is 24.6 Å². The average molecular weight is 519 g/mol. The standard InChI is InChI=1S/C20H33N5O3.HI/c1-5-21-20(22-8-9-24-10-12-25(13-11-24)16(2)26)23-15-17-6-7-18(27-3)19(14-17)28-4;/h6-7,14H,5,8-13,15H2,1-4H3,(H2,21,22,23);1H. The number of ether oxygens (including phenoxy) is 2. The lowest BCUT2D eigenvalue weighted by molar-refractivity contribution is -0.130. The van der Waals surface area contributed by atoms with Crippen molar-refractivity contribution >= 4 is 35.8 Å². The van der Waals surface area contributed by atoms with Crippen LogP contribution in [0.4, 0.5) is 0 Å². The molecule has 1 aromatic rings. The summed E-state index contributed by atoms with van der Waals surface area (Å²) in [7, 11) is 3.26. The Hall–Kier alpha value is -1.75. The predicted molar refractivity (Wildman–Crippen MR) is 126 cm³/mol. The lowest BCUT2D eigenvalue weighted by atomic mass is 10.2. The van der Waals surface area contributed by atoms with Crippen molar-refractivity contribution in [1.29, 1.82) is 0 Å². The second-order valence-electron chi connectivity index (χ2n) is 6.66. The quantitative estimate of drug-likeness (QED) is 0.309. The molecule has 0 saturated carbocycles. The van der Waals surface area contributed by atoms with Crippen LogP contribution in [0.2, 0.25) is 0 Å². The Morgan fingerprint density at radius 2 is 1.79 bits per heavy atom. The number of halogens is 1. The largest absolute Gasteiger partial charge is 0.493 e. The number of aliphatic imine (C=N–C) groups is 1. The Bertz CT molecular complexity index is 664. The summed E-state index contributed by atoms with van der Waals surface area (Å²) >= 11 is 0. The molecular weight excluding hydrogens is 485 g/mol. The number of methoxy groups -OCH3 is 2. The second kappa shape index (κ2) is 13.5. The van der Waals surface area contributed by atoms with Gasteiger partial charge in [0.2, 0.25) is 5.91 Å². The Labute approximate surface area is 191 Å². The molecule has 1 heterocycles. The number of nitrogens with zero attached hydrogens (tertiary/aromatic N) is 3. The zero-order valence-electron chi connectivity index (χ0n) is 17.9. The van der Waals surface area contributed by atoms with Gasteiger partial charge < -0.3 is 25.0 Å². The topological polar surface area (TPSA) is 78.4 Å². The maximum Gasteiger partial charge on any atom is 0.219 e. The molecule has 1 saturated heterocycles. The zero-order valence-corrected chi connectivity index (χ0v) is 20.2. The van der Waals surface area contributed by atoms with E-state index in [-0.39, 0.29) is 29.9 Å². The summed E-state index contributed by atoms with van der Waals surface area (Å²) in [5, 5.41) is 6.66. The monoisotopic (exact) mass is 519 g/mol. The summed E-state index contributed by atoms with van der Waals surface area (Å²) in [4.78, 5) is 20.3. The predicted octanol–water partition coefficient (Wildman–Crippen LogP) is 1.54. The summed E-state index contributed by atoms with van der Waals surface area (Å²) in [6.45, 7) is 10.2. The van der Waals surface area contributed by atoms with E-state index in [9.17, 15) is 4.79 Å². The number of hydrogen-bond donors (Lipinski definition) is 2. The number of carbonyl (C=O) groups is 1. The minimum absolute atomic E-state index is 0. The van der Waals surface area contributed by atoms with Crippen LogP contribution in [0.1, 0.15) is 19.4 Å². The minimum Gasteiger partial charge on any atom is -0.493 e. The molecular formula is C20H34IN5O3. The van der Waals surface area contributed by atoms with E-state index in [0.717, 1.165) is 57.3 Å². The Morgan fingerprint density at radius 3 is 2.38 bits per heavy atom. The Balaban J connectivity index is 0.00000420. The van der Waals surface area contributed by atoms with Crippen LogP contribution in [-0.2, 0) is 11.3 Å². The molecule has 2 N–H and O–H groups in total. The average Bonchev–Trinajstić information content (AvgIpc) is 2.72. The lowest BCUT2D eigenvalue weighted by Gasteiger charge is -2.34. The van der Waals surface area contributed by atoms with Gasteiger partial charge in [-0.3, -0.25) is 9.69 Å². The second-order valence-corrected chi connectivity index (χ2v) is 6.66. The molecule has 0 atom stereocenters. The van der Waals surface area contributed by atoms with Gasteiger partial charge in [-0.2, -0.15) is 0 Å². The summed E-state index contributed by atoms with van der Waals surface area (Å²) in [5.41, 5.74) is 1.05. The van der Waals surface area contributed by atoms with Gasteiger partial charge in [-0.1, -0.05) is 6.07 Å². The molecule has 1 aromatic carbocycles. The van der Waals surface area contributed by atoms with Crippen LogP contribution < -0.4 is 20.1 Å². The number of rotatable bonds is 8. The van der Waals surface area contributed by atoms with E-state index in [2.05, 4.69) is 27.4 Å². The molecule has 0 bridgehead atoms. The number of benzene rings is 1. The fraction of sp³-hybridized carbons (Fsp3) is 0.600. The van der Waals surface area contributed by atoms with E-state index in [0.29, 0.717) is 18.0 Å². The molecule has 9 heteroatoms. The third kappa shape index (κ3) is 8.25.